The zero-order valence-corrected chi connectivity index (χ0v) is 7.20. The van der Waals surface area contributed by atoms with Crippen LogP contribution in [-0.4, -0.2) is 13.4 Å². The quantitative estimate of drug-likeness (QED) is 0.390. The van der Waals surface area contributed by atoms with Crippen LogP contribution in [0.25, 0.3) is 0 Å². The molecule has 13 heavy (non-hydrogen) atoms. The molecular formula is C10H9NO2. The first kappa shape index (κ1) is 9.14. The van der Waals surface area contributed by atoms with Crippen molar-refractivity contribution in [3.63, 3.8) is 0 Å². The van der Waals surface area contributed by atoms with Gasteiger partial charge in [-0.05, 0) is 24.1 Å². The predicted octanol–water partition coefficient (Wildman–Crippen LogP) is 0.828. The highest BCUT2D eigenvalue weighted by atomic mass is 16.5. The molecule has 0 aliphatic carbocycles. The fourth-order valence-electron chi connectivity index (χ4n) is 0.878. The standard InChI is InChI=1S/C10H9NO2/c1-13-9-4-5-10(11)8(7-9)3-2-6-12/h4-7H,11H2,1H3. The number of hydrogen-bond donors (Lipinski definition) is 1. The average Bonchev–Trinajstić information content (AvgIpc) is 2.17. The fourth-order valence-corrected chi connectivity index (χ4v) is 0.878. The Kier molecular flexibility index (Phi) is 2.93. The third kappa shape index (κ3) is 2.24. The monoisotopic (exact) mass is 175 g/mol. The van der Waals surface area contributed by atoms with E-state index in [2.05, 4.69) is 11.8 Å². The molecule has 2 N–H and O–H groups in total. The molecule has 1 aromatic carbocycles. The maximum atomic E-state index is 10.00. The molecule has 0 saturated heterocycles. The van der Waals surface area contributed by atoms with Crippen molar-refractivity contribution in [3.05, 3.63) is 23.8 Å². The Bertz CT molecular complexity index is 374. The van der Waals surface area contributed by atoms with Gasteiger partial charge in [-0.1, -0.05) is 5.92 Å². The number of aldehydes is 1. The molecule has 1 rings (SSSR count). The third-order valence-electron chi connectivity index (χ3n) is 1.53. The molecule has 66 valence electrons. The topological polar surface area (TPSA) is 52.3 Å². The van der Waals surface area contributed by atoms with Gasteiger partial charge in [0.15, 0.2) is 6.29 Å². The van der Waals surface area contributed by atoms with Crippen LogP contribution in [0.4, 0.5) is 5.69 Å². The second kappa shape index (κ2) is 4.17. The molecule has 0 amide bonds. The summed E-state index contributed by atoms with van der Waals surface area (Å²) in [5, 5.41) is 0. The maximum Gasteiger partial charge on any atom is 0.193 e. The molecule has 3 nitrogen and oxygen atoms in total. The number of nitrogens with two attached hydrogens (primary N) is 1. The van der Waals surface area contributed by atoms with Crippen LogP contribution >= 0.6 is 0 Å². The molecule has 0 atom stereocenters. The van der Waals surface area contributed by atoms with Crippen LogP contribution in [0.5, 0.6) is 5.75 Å². The number of anilines is 1. The van der Waals surface area contributed by atoms with Crippen molar-refractivity contribution in [2.24, 2.45) is 0 Å². The fraction of sp³-hybridized carbons (Fsp3) is 0.100. The number of nitrogen functional groups attached to an aromatic ring is 1. The van der Waals surface area contributed by atoms with Crippen molar-refractivity contribution >= 4 is 12.0 Å². The second-order valence-electron chi connectivity index (χ2n) is 2.34. The number of carbonyl (C=O) groups is 1. The summed E-state index contributed by atoms with van der Waals surface area (Å²) < 4.78 is 4.98. The third-order valence-corrected chi connectivity index (χ3v) is 1.53. The van der Waals surface area contributed by atoms with Crippen LogP contribution in [0.1, 0.15) is 5.56 Å². The van der Waals surface area contributed by atoms with Gasteiger partial charge in [0, 0.05) is 5.69 Å². The van der Waals surface area contributed by atoms with Gasteiger partial charge in [0.1, 0.15) is 5.75 Å². The molecule has 0 saturated carbocycles. The minimum atomic E-state index is 0.527. The summed E-state index contributed by atoms with van der Waals surface area (Å²) in [7, 11) is 1.56. The minimum Gasteiger partial charge on any atom is -0.497 e. The van der Waals surface area contributed by atoms with Crippen molar-refractivity contribution < 1.29 is 9.53 Å². The molecule has 0 radical (unpaired) electrons. The normalized spacial score (nSPS) is 8.38. The van der Waals surface area contributed by atoms with E-state index in [1.54, 1.807) is 25.3 Å². The molecule has 0 bridgehead atoms. The first-order valence-electron chi connectivity index (χ1n) is 3.66. The molecule has 0 aliphatic rings. The van der Waals surface area contributed by atoms with Crippen LogP contribution in [-0.2, 0) is 4.79 Å². The Morgan fingerprint density at radius 1 is 1.54 bits per heavy atom. The van der Waals surface area contributed by atoms with Gasteiger partial charge in [0.05, 0.1) is 12.7 Å². The van der Waals surface area contributed by atoms with E-state index in [-0.39, 0.29) is 0 Å². The number of rotatable bonds is 1. The van der Waals surface area contributed by atoms with Crippen molar-refractivity contribution in [1.82, 2.24) is 0 Å². The smallest absolute Gasteiger partial charge is 0.193 e. The Labute approximate surface area is 76.5 Å². The first-order chi connectivity index (χ1) is 6.27. The molecular weight excluding hydrogens is 166 g/mol. The lowest BCUT2D eigenvalue weighted by Gasteiger charge is -2.01. The molecule has 0 fully saturated rings. The first-order valence-corrected chi connectivity index (χ1v) is 3.66. The second-order valence-corrected chi connectivity index (χ2v) is 2.34. The summed E-state index contributed by atoms with van der Waals surface area (Å²) in [4.78, 5) is 10.00. The van der Waals surface area contributed by atoms with Crippen molar-refractivity contribution in [2.45, 2.75) is 0 Å². The average molecular weight is 175 g/mol. The Morgan fingerprint density at radius 2 is 2.31 bits per heavy atom. The lowest BCUT2D eigenvalue weighted by molar-refractivity contribution is -0.103. The van der Waals surface area contributed by atoms with E-state index in [0.717, 1.165) is 0 Å². The van der Waals surface area contributed by atoms with E-state index >= 15 is 0 Å². The highest BCUT2D eigenvalue weighted by molar-refractivity contribution is 5.75. The Balaban J connectivity index is 3.10. The van der Waals surface area contributed by atoms with Crippen LogP contribution in [0.3, 0.4) is 0 Å². The molecule has 0 heterocycles. The largest absolute Gasteiger partial charge is 0.497 e. The van der Waals surface area contributed by atoms with E-state index in [4.69, 9.17) is 10.5 Å². The Morgan fingerprint density at radius 3 is 2.92 bits per heavy atom. The highest BCUT2D eigenvalue weighted by Crippen LogP contribution is 2.17. The number of methoxy groups -OCH3 is 1. The summed E-state index contributed by atoms with van der Waals surface area (Å²) in [6, 6.07) is 5.11. The SMILES string of the molecule is COc1ccc(N)c(C#CC=O)c1. The van der Waals surface area contributed by atoms with Gasteiger partial charge in [-0.2, -0.15) is 0 Å². The van der Waals surface area contributed by atoms with Crippen LogP contribution in [0.2, 0.25) is 0 Å². The van der Waals surface area contributed by atoms with E-state index in [1.165, 1.54) is 0 Å². The highest BCUT2D eigenvalue weighted by Gasteiger charge is 1.97. The lowest BCUT2D eigenvalue weighted by Crippen LogP contribution is -1.91. The van der Waals surface area contributed by atoms with E-state index in [1.807, 2.05) is 0 Å². The summed E-state index contributed by atoms with van der Waals surface area (Å²) in [5.41, 5.74) is 6.75. The summed E-state index contributed by atoms with van der Waals surface area (Å²) in [5.74, 6) is 5.58. The summed E-state index contributed by atoms with van der Waals surface area (Å²) >= 11 is 0. The number of hydrogen-bond acceptors (Lipinski definition) is 3. The zero-order valence-electron chi connectivity index (χ0n) is 7.20. The van der Waals surface area contributed by atoms with Gasteiger partial charge < -0.3 is 10.5 Å². The van der Waals surface area contributed by atoms with Gasteiger partial charge in [-0.15, -0.1) is 0 Å². The van der Waals surface area contributed by atoms with Gasteiger partial charge in [0.2, 0.25) is 0 Å². The van der Waals surface area contributed by atoms with Crippen molar-refractivity contribution in [1.29, 1.82) is 0 Å². The van der Waals surface area contributed by atoms with E-state index in [9.17, 15) is 4.79 Å². The summed E-state index contributed by atoms with van der Waals surface area (Å²) in [6.07, 6.45) is 0.527. The van der Waals surface area contributed by atoms with Gasteiger partial charge in [-0.3, -0.25) is 4.79 Å². The molecule has 0 aliphatic heterocycles. The molecule has 1 aromatic rings. The minimum absolute atomic E-state index is 0.527. The van der Waals surface area contributed by atoms with E-state index in [0.29, 0.717) is 23.3 Å². The number of ether oxygens (including phenoxy) is 1. The van der Waals surface area contributed by atoms with E-state index < -0.39 is 0 Å². The van der Waals surface area contributed by atoms with Crippen molar-refractivity contribution in [2.75, 3.05) is 12.8 Å². The van der Waals surface area contributed by atoms with Crippen LogP contribution < -0.4 is 10.5 Å². The van der Waals surface area contributed by atoms with Gasteiger partial charge in [-0.25, -0.2) is 0 Å². The molecule has 0 unspecified atom stereocenters. The Hall–Kier alpha value is -1.95. The van der Waals surface area contributed by atoms with Crippen LogP contribution in [0.15, 0.2) is 18.2 Å². The molecule has 3 heteroatoms. The molecule has 0 aromatic heterocycles. The van der Waals surface area contributed by atoms with Gasteiger partial charge in [0.25, 0.3) is 0 Å². The number of benzene rings is 1. The maximum absolute atomic E-state index is 10.00. The van der Waals surface area contributed by atoms with Gasteiger partial charge >= 0.3 is 0 Å². The van der Waals surface area contributed by atoms with Crippen LogP contribution in [0, 0.1) is 11.8 Å². The van der Waals surface area contributed by atoms with Crippen molar-refractivity contribution in [3.8, 4) is 17.6 Å². The molecule has 0 spiro atoms. The lowest BCUT2D eigenvalue weighted by atomic mass is 10.2. The predicted molar refractivity (Wildman–Crippen MR) is 50.3 cm³/mol. The summed E-state index contributed by atoms with van der Waals surface area (Å²) in [6.45, 7) is 0. The zero-order chi connectivity index (χ0) is 9.68. The number of carbonyl (C=O) groups excluding carboxylic acids is 1.